The largest absolute Gasteiger partial charge is 0.313 e. The highest BCUT2D eigenvalue weighted by molar-refractivity contribution is 7.92. The molecular formula is C6H14N2OS. The Hall–Kier alpha value is -0.0900. The molecule has 0 radical (unpaired) electrons. The van der Waals surface area contributed by atoms with Crippen LogP contribution in [0.4, 0.5) is 0 Å². The quantitative estimate of drug-likeness (QED) is 0.542. The second kappa shape index (κ2) is 2.88. The molecule has 1 rings (SSSR count). The van der Waals surface area contributed by atoms with Crippen molar-refractivity contribution in [1.82, 2.24) is 5.32 Å². The van der Waals surface area contributed by atoms with Gasteiger partial charge in [0, 0.05) is 27.3 Å². The maximum atomic E-state index is 11.3. The van der Waals surface area contributed by atoms with Crippen LogP contribution in [0.25, 0.3) is 0 Å². The molecule has 1 aliphatic heterocycles. The van der Waals surface area contributed by atoms with Crippen molar-refractivity contribution in [2.45, 2.75) is 19.4 Å². The summed E-state index contributed by atoms with van der Waals surface area (Å²) in [5, 5.41) is 3.20. The van der Waals surface area contributed by atoms with E-state index in [1.807, 2.05) is 6.92 Å². The molecule has 0 bridgehead atoms. The Balaban J connectivity index is 2.64. The van der Waals surface area contributed by atoms with E-state index in [4.69, 9.17) is 4.78 Å². The van der Waals surface area contributed by atoms with Gasteiger partial charge in [0.25, 0.3) is 0 Å². The molecule has 0 amide bonds. The predicted molar refractivity (Wildman–Crippen MR) is 42.7 cm³/mol. The van der Waals surface area contributed by atoms with Gasteiger partial charge >= 0.3 is 0 Å². The van der Waals surface area contributed by atoms with Gasteiger partial charge in [0.15, 0.2) is 0 Å². The van der Waals surface area contributed by atoms with E-state index in [0.29, 0.717) is 11.5 Å². The SMILES string of the molecule is CC1CS(=N)(=O)CCCN1. The van der Waals surface area contributed by atoms with Crippen molar-refractivity contribution in [3.05, 3.63) is 0 Å². The number of nitrogens with one attached hydrogen (secondary N) is 2. The summed E-state index contributed by atoms with van der Waals surface area (Å²) in [6.07, 6.45) is 0.882. The van der Waals surface area contributed by atoms with E-state index in [1.165, 1.54) is 0 Å². The topological polar surface area (TPSA) is 53.0 Å². The highest BCUT2D eigenvalue weighted by atomic mass is 32.2. The van der Waals surface area contributed by atoms with Gasteiger partial charge < -0.3 is 5.32 Å². The minimum absolute atomic E-state index is 0.257. The van der Waals surface area contributed by atoms with Gasteiger partial charge in [0.05, 0.1) is 0 Å². The molecule has 0 spiro atoms. The first-order valence-corrected chi connectivity index (χ1v) is 5.47. The van der Waals surface area contributed by atoms with Gasteiger partial charge in [0.2, 0.25) is 0 Å². The van der Waals surface area contributed by atoms with Gasteiger partial charge in [-0.05, 0) is 19.9 Å². The second-order valence-corrected chi connectivity index (χ2v) is 5.26. The summed E-state index contributed by atoms with van der Waals surface area (Å²) < 4.78 is 18.6. The number of rotatable bonds is 0. The minimum Gasteiger partial charge on any atom is -0.313 e. The predicted octanol–water partition coefficient (Wildman–Crippen LogP) is 0.415. The molecule has 4 heteroatoms. The molecular weight excluding hydrogens is 148 g/mol. The molecule has 0 aromatic rings. The van der Waals surface area contributed by atoms with E-state index in [0.717, 1.165) is 13.0 Å². The lowest BCUT2D eigenvalue weighted by Crippen LogP contribution is -2.29. The molecule has 0 aromatic heterocycles. The van der Waals surface area contributed by atoms with Crippen molar-refractivity contribution in [2.24, 2.45) is 0 Å². The van der Waals surface area contributed by atoms with E-state index in [1.54, 1.807) is 0 Å². The van der Waals surface area contributed by atoms with E-state index < -0.39 is 9.73 Å². The highest BCUT2D eigenvalue weighted by Crippen LogP contribution is 2.02. The van der Waals surface area contributed by atoms with Gasteiger partial charge in [0.1, 0.15) is 0 Å². The molecule has 1 saturated heterocycles. The molecule has 2 N–H and O–H groups in total. The van der Waals surface area contributed by atoms with Gasteiger partial charge in [-0.25, -0.2) is 4.21 Å². The minimum atomic E-state index is -2.23. The molecule has 1 heterocycles. The zero-order valence-corrected chi connectivity index (χ0v) is 7.04. The summed E-state index contributed by atoms with van der Waals surface area (Å²) in [5.74, 6) is 1.09. The maximum Gasteiger partial charge on any atom is 0.0466 e. The van der Waals surface area contributed by atoms with Crippen molar-refractivity contribution < 1.29 is 4.21 Å². The van der Waals surface area contributed by atoms with Gasteiger partial charge in [-0.2, -0.15) is 0 Å². The Bertz CT molecular complexity index is 198. The Kier molecular flexibility index (Phi) is 2.31. The molecule has 60 valence electrons. The monoisotopic (exact) mass is 162 g/mol. The first kappa shape index (κ1) is 8.01. The first-order chi connectivity index (χ1) is 4.60. The van der Waals surface area contributed by atoms with Crippen LogP contribution in [-0.2, 0) is 9.73 Å². The zero-order chi connectivity index (χ0) is 7.61. The van der Waals surface area contributed by atoms with Crippen LogP contribution in [0.1, 0.15) is 13.3 Å². The smallest absolute Gasteiger partial charge is 0.0466 e. The van der Waals surface area contributed by atoms with E-state index in [2.05, 4.69) is 5.32 Å². The average molecular weight is 162 g/mol. The molecule has 0 aliphatic carbocycles. The summed E-state index contributed by atoms with van der Waals surface area (Å²) in [5.41, 5.74) is 0. The Morgan fingerprint density at radius 1 is 1.70 bits per heavy atom. The molecule has 1 aliphatic rings. The van der Waals surface area contributed by atoms with Crippen molar-refractivity contribution in [2.75, 3.05) is 18.1 Å². The third-order valence-electron chi connectivity index (χ3n) is 1.66. The summed E-state index contributed by atoms with van der Waals surface area (Å²) in [6.45, 7) is 2.90. The van der Waals surface area contributed by atoms with Crippen LogP contribution in [0.3, 0.4) is 0 Å². The Morgan fingerprint density at radius 2 is 2.40 bits per heavy atom. The Morgan fingerprint density at radius 3 is 3.10 bits per heavy atom. The highest BCUT2D eigenvalue weighted by Gasteiger charge is 2.15. The van der Waals surface area contributed by atoms with Crippen LogP contribution in [-0.4, -0.2) is 28.3 Å². The van der Waals surface area contributed by atoms with Crippen molar-refractivity contribution in [3.8, 4) is 0 Å². The summed E-state index contributed by atoms with van der Waals surface area (Å²) in [7, 11) is -2.23. The standard InChI is InChI=1S/C6H14N2OS/c1-6-5-10(7,9)4-2-3-8-6/h6-8H,2-5H2,1H3. The lowest BCUT2D eigenvalue weighted by molar-refractivity contribution is 0.599. The van der Waals surface area contributed by atoms with E-state index >= 15 is 0 Å². The first-order valence-electron chi connectivity index (χ1n) is 3.58. The van der Waals surface area contributed by atoms with E-state index in [-0.39, 0.29) is 6.04 Å². The van der Waals surface area contributed by atoms with E-state index in [9.17, 15) is 4.21 Å². The fourth-order valence-corrected chi connectivity index (χ4v) is 2.90. The summed E-state index contributed by atoms with van der Waals surface area (Å²) in [6, 6.07) is 0.257. The number of hydrogen-bond donors (Lipinski definition) is 2. The normalized spacial score (nSPS) is 42.7. The molecule has 0 aromatic carbocycles. The summed E-state index contributed by atoms with van der Waals surface area (Å²) in [4.78, 5) is 0. The van der Waals surface area contributed by atoms with Crippen molar-refractivity contribution >= 4 is 9.73 Å². The van der Waals surface area contributed by atoms with Gasteiger partial charge in [-0.3, -0.25) is 4.78 Å². The lowest BCUT2D eigenvalue weighted by Gasteiger charge is -2.08. The molecule has 2 atom stereocenters. The molecule has 0 saturated carbocycles. The lowest BCUT2D eigenvalue weighted by atomic mass is 10.4. The van der Waals surface area contributed by atoms with Crippen LogP contribution in [0.15, 0.2) is 0 Å². The van der Waals surface area contributed by atoms with Crippen LogP contribution in [0.2, 0.25) is 0 Å². The van der Waals surface area contributed by atoms with Crippen molar-refractivity contribution in [3.63, 3.8) is 0 Å². The molecule has 2 unspecified atom stereocenters. The van der Waals surface area contributed by atoms with Gasteiger partial charge in [-0.15, -0.1) is 0 Å². The fraction of sp³-hybridized carbons (Fsp3) is 1.00. The molecule has 3 nitrogen and oxygen atoms in total. The zero-order valence-electron chi connectivity index (χ0n) is 6.22. The van der Waals surface area contributed by atoms with Crippen LogP contribution >= 0.6 is 0 Å². The molecule has 1 fully saturated rings. The third-order valence-corrected chi connectivity index (χ3v) is 3.65. The molecule has 10 heavy (non-hydrogen) atoms. The maximum absolute atomic E-state index is 11.3. The Labute approximate surface area is 62.2 Å². The number of hydrogen-bond acceptors (Lipinski definition) is 3. The second-order valence-electron chi connectivity index (χ2n) is 2.89. The van der Waals surface area contributed by atoms with Gasteiger partial charge in [-0.1, -0.05) is 0 Å². The van der Waals surface area contributed by atoms with Crippen LogP contribution in [0.5, 0.6) is 0 Å². The fourth-order valence-electron chi connectivity index (χ4n) is 1.20. The third kappa shape index (κ3) is 2.27. The van der Waals surface area contributed by atoms with Crippen LogP contribution < -0.4 is 5.32 Å². The summed E-state index contributed by atoms with van der Waals surface area (Å²) >= 11 is 0. The average Bonchev–Trinajstić information content (AvgIpc) is 1.90. The van der Waals surface area contributed by atoms with Crippen molar-refractivity contribution in [1.29, 1.82) is 4.78 Å². The van der Waals surface area contributed by atoms with Crippen LogP contribution in [0, 0.1) is 4.78 Å².